The molecule has 0 radical (unpaired) electrons. The predicted octanol–water partition coefficient (Wildman–Crippen LogP) is 3.86. The number of carbonyl (C=O) groups excluding carboxylic acids is 2. The summed E-state index contributed by atoms with van der Waals surface area (Å²) in [5.41, 5.74) is 1.43. The number of aryl methyl sites for hydroxylation is 1. The first-order chi connectivity index (χ1) is 15.0. The topological polar surface area (TPSA) is 104 Å². The number of fused-ring (bicyclic) bond motifs is 1. The van der Waals surface area contributed by atoms with Crippen molar-refractivity contribution in [1.29, 1.82) is 0 Å². The molecule has 1 amide bonds. The number of methoxy groups -OCH3 is 1. The minimum absolute atomic E-state index is 0.0224. The number of aromatic nitrogens is 2. The Morgan fingerprint density at radius 2 is 2.06 bits per heavy atom. The summed E-state index contributed by atoms with van der Waals surface area (Å²) in [5.74, 6) is -0.355. The summed E-state index contributed by atoms with van der Waals surface area (Å²) in [4.78, 5) is 25.7. The zero-order valence-corrected chi connectivity index (χ0v) is 18.1. The molecule has 0 saturated heterocycles. The molecule has 4 rings (SSSR count). The number of nitrogens with one attached hydrogen (secondary N) is 1. The average Bonchev–Trinajstić information content (AvgIpc) is 3.47. The largest absolute Gasteiger partial charge is 0.484 e. The maximum absolute atomic E-state index is 12.9. The lowest BCUT2D eigenvalue weighted by Crippen LogP contribution is -2.16. The number of ether oxygens (including phenoxy) is 2. The Bertz CT molecular complexity index is 1100. The fraction of sp³-hybridized carbons (Fsp3) is 0.300. The number of carbonyl (C=O) groups is 2. The summed E-state index contributed by atoms with van der Waals surface area (Å²) in [6.07, 6.45) is 2.71. The lowest BCUT2D eigenvalue weighted by Gasteiger charge is -2.06. The summed E-state index contributed by atoms with van der Waals surface area (Å²) < 4.78 is 28.7. The Hall–Kier alpha value is -2.92. The molecule has 11 heteroatoms. The van der Waals surface area contributed by atoms with Gasteiger partial charge in [-0.05, 0) is 49.1 Å². The van der Waals surface area contributed by atoms with Crippen LogP contribution in [0.5, 0.6) is 5.75 Å². The van der Waals surface area contributed by atoms with Crippen molar-refractivity contribution in [2.75, 3.05) is 18.2 Å². The molecular weight excluding hydrogens is 445 g/mol. The van der Waals surface area contributed by atoms with E-state index in [1.807, 2.05) is 0 Å². The Labute approximate surface area is 185 Å². The fourth-order valence-corrected chi connectivity index (χ4v) is 5.01. The van der Waals surface area contributed by atoms with Gasteiger partial charge >= 0.3 is 5.97 Å². The molecule has 162 valence electrons. The monoisotopic (exact) mass is 463 g/mol. The van der Waals surface area contributed by atoms with Crippen LogP contribution in [0.4, 0.5) is 9.39 Å². The zero-order valence-electron chi connectivity index (χ0n) is 16.5. The Morgan fingerprint density at radius 3 is 2.84 bits per heavy atom. The lowest BCUT2D eigenvalue weighted by atomic mass is 10.1. The lowest BCUT2D eigenvalue weighted by molar-refractivity contribution is -0.113. The van der Waals surface area contributed by atoms with Crippen molar-refractivity contribution >= 4 is 40.0 Å². The first-order valence-electron chi connectivity index (χ1n) is 9.39. The van der Waals surface area contributed by atoms with Gasteiger partial charge in [-0.1, -0.05) is 11.8 Å². The molecule has 1 aliphatic carbocycles. The van der Waals surface area contributed by atoms with Crippen LogP contribution < -0.4 is 10.1 Å². The third-order valence-corrected chi connectivity index (χ3v) is 6.54. The molecule has 0 saturated carbocycles. The van der Waals surface area contributed by atoms with Crippen LogP contribution in [0, 0.1) is 5.82 Å². The minimum atomic E-state index is -0.440. The summed E-state index contributed by atoms with van der Waals surface area (Å²) >= 11 is 2.49. The third kappa shape index (κ3) is 5.05. The van der Waals surface area contributed by atoms with Gasteiger partial charge in [-0.2, -0.15) is 0 Å². The molecule has 1 aliphatic rings. The van der Waals surface area contributed by atoms with Crippen molar-refractivity contribution in [3.05, 3.63) is 52.0 Å². The number of hydrogen-bond donors (Lipinski definition) is 1. The van der Waals surface area contributed by atoms with Gasteiger partial charge in [0.2, 0.25) is 5.91 Å². The SMILES string of the molecule is COC(=O)c1c(NC(=O)CSc2nnc(COc3ccc(F)cc3)o2)sc2c1CCC2. The van der Waals surface area contributed by atoms with Crippen molar-refractivity contribution in [3.8, 4) is 5.75 Å². The second-order valence-corrected chi connectivity index (χ2v) is 8.63. The highest BCUT2D eigenvalue weighted by atomic mass is 32.2. The Kier molecular flexibility index (Phi) is 6.52. The quantitative estimate of drug-likeness (QED) is 0.397. The van der Waals surface area contributed by atoms with E-state index in [-0.39, 0.29) is 35.2 Å². The van der Waals surface area contributed by atoms with Crippen LogP contribution in [-0.4, -0.2) is 34.9 Å². The number of benzene rings is 1. The van der Waals surface area contributed by atoms with Crippen LogP contribution in [0.25, 0.3) is 0 Å². The molecule has 8 nitrogen and oxygen atoms in total. The van der Waals surface area contributed by atoms with Crippen LogP contribution >= 0.6 is 23.1 Å². The van der Waals surface area contributed by atoms with E-state index in [0.717, 1.165) is 41.5 Å². The molecule has 2 heterocycles. The number of thiophene rings is 1. The molecule has 3 aromatic rings. The Balaban J connectivity index is 1.31. The van der Waals surface area contributed by atoms with Crippen molar-refractivity contribution < 1.29 is 27.9 Å². The van der Waals surface area contributed by atoms with E-state index in [9.17, 15) is 14.0 Å². The first-order valence-corrected chi connectivity index (χ1v) is 11.2. The Morgan fingerprint density at radius 1 is 1.26 bits per heavy atom. The molecule has 0 bridgehead atoms. The van der Waals surface area contributed by atoms with Crippen molar-refractivity contribution in [3.63, 3.8) is 0 Å². The van der Waals surface area contributed by atoms with E-state index >= 15 is 0 Å². The van der Waals surface area contributed by atoms with Crippen molar-refractivity contribution in [2.45, 2.75) is 31.1 Å². The van der Waals surface area contributed by atoms with Gasteiger partial charge in [-0.15, -0.1) is 21.5 Å². The average molecular weight is 464 g/mol. The highest BCUT2D eigenvalue weighted by Crippen LogP contribution is 2.39. The van der Waals surface area contributed by atoms with Gasteiger partial charge in [0.05, 0.1) is 18.4 Å². The van der Waals surface area contributed by atoms with Crippen molar-refractivity contribution in [1.82, 2.24) is 10.2 Å². The number of rotatable bonds is 8. The van der Waals surface area contributed by atoms with Crippen LogP contribution in [0.2, 0.25) is 0 Å². The van der Waals surface area contributed by atoms with Crippen LogP contribution in [-0.2, 0) is 29.0 Å². The summed E-state index contributed by atoms with van der Waals surface area (Å²) in [5, 5.41) is 11.3. The summed E-state index contributed by atoms with van der Waals surface area (Å²) in [7, 11) is 1.33. The smallest absolute Gasteiger partial charge is 0.341 e. The van der Waals surface area contributed by atoms with E-state index in [2.05, 4.69) is 15.5 Å². The van der Waals surface area contributed by atoms with Gasteiger partial charge in [-0.3, -0.25) is 4.79 Å². The number of hydrogen-bond acceptors (Lipinski definition) is 9. The van der Waals surface area contributed by atoms with Crippen LogP contribution in [0.3, 0.4) is 0 Å². The molecule has 1 N–H and O–H groups in total. The number of amides is 1. The van der Waals surface area contributed by atoms with Crippen LogP contribution in [0.1, 0.15) is 33.1 Å². The molecule has 31 heavy (non-hydrogen) atoms. The van der Waals surface area contributed by atoms with E-state index in [1.54, 1.807) is 0 Å². The second kappa shape index (κ2) is 9.48. The molecule has 0 atom stereocenters. The second-order valence-electron chi connectivity index (χ2n) is 6.59. The normalized spacial score (nSPS) is 12.5. The summed E-state index contributed by atoms with van der Waals surface area (Å²) in [6.45, 7) is 0.0224. The molecule has 1 aromatic carbocycles. The molecular formula is C20H18FN3O5S2. The first kappa shape index (κ1) is 21.3. The minimum Gasteiger partial charge on any atom is -0.484 e. The maximum Gasteiger partial charge on any atom is 0.341 e. The third-order valence-electron chi connectivity index (χ3n) is 4.51. The van der Waals surface area contributed by atoms with Crippen molar-refractivity contribution in [2.24, 2.45) is 0 Å². The van der Waals surface area contributed by atoms with Gasteiger partial charge in [-0.25, -0.2) is 9.18 Å². The van der Waals surface area contributed by atoms with E-state index in [0.29, 0.717) is 16.3 Å². The van der Waals surface area contributed by atoms with Gasteiger partial charge in [0.1, 0.15) is 16.6 Å². The zero-order chi connectivity index (χ0) is 21.8. The van der Waals surface area contributed by atoms with Gasteiger partial charge < -0.3 is 19.2 Å². The van der Waals surface area contributed by atoms with E-state index in [4.69, 9.17) is 13.9 Å². The highest BCUT2D eigenvalue weighted by Gasteiger charge is 2.28. The molecule has 0 fully saturated rings. The highest BCUT2D eigenvalue weighted by molar-refractivity contribution is 7.99. The van der Waals surface area contributed by atoms with Crippen LogP contribution in [0.15, 0.2) is 33.9 Å². The van der Waals surface area contributed by atoms with Gasteiger partial charge in [0.25, 0.3) is 11.1 Å². The molecule has 0 unspecified atom stereocenters. The maximum atomic E-state index is 12.9. The number of halogens is 1. The standard InChI is InChI=1S/C20H18FN3O5S2/c1-27-19(26)17-13-3-2-4-14(13)31-18(17)22-15(25)10-30-20-24-23-16(29-20)9-28-12-7-5-11(21)6-8-12/h5-8H,2-4,9-10H2,1H3,(H,22,25). The number of anilines is 1. The molecule has 0 aliphatic heterocycles. The summed E-state index contributed by atoms with van der Waals surface area (Å²) in [6, 6.07) is 5.57. The molecule has 0 spiro atoms. The molecule has 2 aromatic heterocycles. The van der Waals surface area contributed by atoms with Gasteiger partial charge in [0.15, 0.2) is 6.61 Å². The van der Waals surface area contributed by atoms with Gasteiger partial charge in [0, 0.05) is 4.88 Å². The predicted molar refractivity (Wildman–Crippen MR) is 112 cm³/mol. The van der Waals surface area contributed by atoms with E-state index in [1.165, 1.54) is 42.7 Å². The number of nitrogens with zero attached hydrogens (tertiary/aromatic N) is 2. The van der Waals surface area contributed by atoms with E-state index < -0.39 is 5.97 Å². The number of esters is 1. The fourth-order valence-electron chi connectivity index (χ4n) is 3.13. The number of thioether (sulfide) groups is 1.